The van der Waals surface area contributed by atoms with E-state index < -0.39 is 5.97 Å². The Morgan fingerprint density at radius 3 is 2.79 bits per heavy atom. The molecule has 0 saturated carbocycles. The molecule has 128 valence electrons. The quantitative estimate of drug-likeness (QED) is 0.856. The first-order valence-corrected chi connectivity index (χ1v) is 8.85. The molecule has 1 fully saturated rings. The van der Waals surface area contributed by atoms with Crippen molar-refractivity contribution in [3.8, 4) is 0 Å². The molecule has 0 aliphatic carbocycles. The van der Waals surface area contributed by atoms with Gasteiger partial charge in [0.05, 0.1) is 7.11 Å². The number of aromatic nitrogens is 1. The van der Waals surface area contributed by atoms with Crippen LogP contribution in [-0.2, 0) is 11.3 Å². The second-order valence-electron chi connectivity index (χ2n) is 5.80. The van der Waals surface area contributed by atoms with Crippen molar-refractivity contribution in [2.24, 2.45) is 0 Å². The lowest BCUT2D eigenvalue weighted by Gasteiger charge is -2.21. The highest BCUT2D eigenvalue weighted by atomic mass is 32.1. The number of methoxy groups -OCH3 is 1. The lowest BCUT2D eigenvalue weighted by atomic mass is 10.2. The van der Waals surface area contributed by atoms with Crippen LogP contribution in [0.5, 0.6) is 0 Å². The first kappa shape index (κ1) is 16.7. The maximum Gasteiger partial charge on any atom is 0.351 e. The summed E-state index contributed by atoms with van der Waals surface area (Å²) in [5, 5.41) is 0.800. The number of ether oxygens (including phenoxy) is 1. The summed E-state index contributed by atoms with van der Waals surface area (Å²) in [5.74, 6) is -0.163. The van der Waals surface area contributed by atoms with E-state index in [1.807, 2.05) is 6.07 Å². The topological polar surface area (TPSA) is 71.7 Å². The molecule has 0 unspecified atom stereocenters. The Kier molecular flexibility index (Phi) is 5.32. The fourth-order valence-corrected chi connectivity index (χ4v) is 3.81. The molecule has 0 amide bonds. The van der Waals surface area contributed by atoms with Crippen molar-refractivity contribution >= 4 is 28.3 Å². The number of esters is 1. The fourth-order valence-electron chi connectivity index (χ4n) is 2.86. The van der Waals surface area contributed by atoms with Crippen molar-refractivity contribution < 1.29 is 9.53 Å². The van der Waals surface area contributed by atoms with Gasteiger partial charge in [0, 0.05) is 32.7 Å². The van der Waals surface area contributed by atoms with Crippen LogP contribution in [0.4, 0.5) is 10.9 Å². The van der Waals surface area contributed by atoms with Gasteiger partial charge in [0.15, 0.2) is 15.8 Å². The van der Waals surface area contributed by atoms with Crippen molar-refractivity contribution in [3.63, 3.8) is 0 Å². The summed E-state index contributed by atoms with van der Waals surface area (Å²) in [5.41, 5.74) is 7.19. The predicted octanol–water partition coefficient (Wildman–Crippen LogP) is 2.22. The highest BCUT2D eigenvalue weighted by Crippen LogP contribution is 2.29. The molecule has 0 atom stereocenters. The standard InChI is InChI=1S/C17H22N4O2S/c1-23-16(22)14-15(18)19-17(24-14)21-9-5-8-20(10-11-21)12-13-6-3-2-4-7-13/h2-4,6-7H,5,8-12,18H2,1H3. The molecule has 2 N–H and O–H groups in total. The van der Waals surface area contributed by atoms with Crippen LogP contribution in [0.3, 0.4) is 0 Å². The zero-order chi connectivity index (χ0) is 16.9. The number of nitrogen functional groups attached to an aromatic ring is 1. The number of nitrogens with two attached hydrogens (primary N) is 1. The van der Waals surface area contributed by atoms with E-state index >= 15 is 0 Å². The molecule has 0 spiro atoms. The third-order valence-electron chi connectivity index (χ3n) is 4.12. The van der Waals surface area contributed by atoms with Crippen molar-refractivity contribution in [1.82, 2.24) is 9.88 Å². The number of thiazole rings is 1. The number of hydrogen-bond donors (Lipinski definition) is 1. The van der Waals surface area contributed by atoms with Gasteiger partial charge in [0.25, 0.3) is 0 Å². The Bertz CT molecular complexity index is 689. The number of rotatable bonds is 4. The molecule has 0 bridgehead atoms. The number of carbonyl (C=O) groups is 1. The molecular formula is C17H22N4O2S. The molecule has 1 aliphatic rings. The summed E-state index contributed by atoms with van der Waals surface area (Å²) < 4.78 is 4.75. The zero-order valence-electron chi connectivity index (χ0n) is 13.8. The maximum atomic E-state index is 11.7. The second-order valence-corrected chi connectivity index (χ2v) is 6.78. The summed E-state index contributed by atoms with van der Waals surface area (Å²) in [6.07, 6.45) is 1.06. The van der Waals surface area contributed by atoms with Crippen molar-refractivity contribution in [2.75, 3.05) is 43.9 Å². The van der Waals surface area contributed by atoms with Gasteiger partial charge >= 0.3 is 5.97 Å². The Labute approximate surface area is 145 Å². The molecule has 1 aromatic heterocycles. The minimum absolute atomic E-state index is 0.257. The average Bonchev–Trinajstić information content (AvgIpc) is 2.84. The van der Waals surface area contributed by atoms with Crippen molar-refractivity contribution in [3.05, 3.63) is 40.8 Å². The summed E-state index contributed by atoms with van der Waals surface area (Å²) in [7, 11) is 1.36. The minimum atomic E-state index is -0.420. The van der Waals surface area contributed by atoms with E-state index in [9.17, 15) is 4.79 Å². The first-order chi connectivity index (χ1) is 11.7. The van der Waals surface area contributed by atoms with Gasteiger partial charge in [-0.15, -0.1) is 0 Å². The summed E-state index contributed by atoms with van der Waals surface area (Å²) in [6, 6.07) is 10.5. The van der Waals surface area contributed by atoms with Gasteiger partial charge in [-0.25, -0.2) is 9.78 Å². The molecule has 3 rings (SSSR count). The normalized spacial score (nSPS) is 16.0. The summed E-state index contributed by atoms with van der Waals surface area (Å²) in [6.45, 7) is 4.76. The van der Waals surface area contributed by atoms with Crippen LogP contribution in [0, 0.1) is 0 Å². The Balaban J connectivity index is 1.64. The van der Waals surface area contributed by atoms with Gasteiger partial charge < -0.3 is 15.4 Å². The van der Waals surface area contributed by atoms with Crippen molar-refractivity contribution in [1.29, 1.82) is 0 Å². The van der Waals surface area contributed by atoms with Crippen LogP contribution in [0.25, 0.3) is 0 Å². The lowest BCUT2D eigenvalue weighted by molar-refractivity contribution is 0.0607. The molecule has 7 heteroatoms. The van der Waals surface area contributed by atoms with E-state index in [1.54, 1.807) is 0 Å². The van der Waals surface area contributed by atoms with Crippen LogP contribution in [0.2, 0.25) is 0 Å². The predicted molar refractivity (Wildman–Crippen MR) is 96.4 cm³/mol. The highest BCUT2D eigenvalue weighted by Gasteiger charge is 2.22. The van der Waals surface area contributed by atoms with Crippen LogP contribution in [0.1, 0.15) is 21.7 Å². The van der Waals surface area contributed by atoms with E-state index in [2.05, 4.69) is 39.0 Å². The number of nitrogens with zero attached hydrogens (tertiary/aromatic N) is 3. The zero-order valence-corrected chi connectivity index (χ0v) is 14.6. The van der Waals surface area contributed by atoms with Gasteiger partial charge in [-0.1, -0.05) is 41.7 Å². The van der Waals surface area contributed by atoms with Gasteiger partial charge in [0.1, 0.15) is 0 Å². The van der Waals surface area contributed by atoms with E-state index in [4.69, 9.17) is 10.5 Å². The summed E-state index contributed by atoms with van der Waals surface area (Å²) in [4.78, 5) is 21.1. The second kappa shape index (κ2) is 7.63. The molecule has 0 radical (unpaired) electrons. The largest absolute Gasteiger partial charge is 0.465 e. The highest BCUT2D eigenvalue weighted by molar-refractivity contribution is 7.18. The van der Waals surface area contributed by atoms with Gasteiger partial charge in [-0.2, -0.15) is 0 Å². The van der Waals surface area contributed by atoms with E-state index in [0.29, 0.717) is 4.88 Å². The third kappa shape index (κ3) is 3.85. The summed E-state index contributed by atoms with van der Waals surface area (Å²) >= 11 is 1.31. The molecule has 2 aromatic rings. The fraction of sp³-hybridized carbons (Fsp3) is 0.412. The smallest absolute Gasteiger partial charge is 0.351 e. The molecule has 6 nitrogen and oxygen atoms in total. The maximum absolute atomic E-state index is 11.7. The molecule has 1 aromatic carbocycles. The Hall–Kier alpha value is -2.12. The van der Waals surface area contributed by atoms with Crippen LogP contribution >= 0.6 is 11.3 Å². The Morgan fingerprint density at radius 1 is 1.25 bits per heavy atom. The number of benzene rings is 1. The SMILES string of the molecule is COC(=O)c1sc(N2CCCN(Cc3ccccc3)CC2)nc1N. The molecule has 1 aliphatic heterocycles. The van der Waals surface area contributed by atoms with E-state index in [-0.39, 0.29) is 5.82 Å². The Morgan fingerprint density at radius 2 is 2.04 bits per heavy atom. The van der Waals surface area contributed by atoms with Gasteiger partial charge in [-0.3, -0.25) is 4.90 Å². The molecule has 1 saturated heterocycles. The lowest BCUT2D eigenvalue weighted by Crippen LogP contribution is -2.30. The first-order valence-electron chi connectivity index (χ1n) is 8.03. The molecule has 2 heterocycles. The van der Waals surface area contributed by atoms with Crippen LogP contribution in [0.15, 0.2) is 30.3 Å². The van der Waals surface area contributed by atoms with E-state index in [1.165, 1.54) is 24.0 Å². The number of anilines is 2. The van der Waals surface area contributed by atoms with Crippen LogP contribution < -0.4 is 10.6 Å². The van der Waals surface area contributed by atoms with Gasteiger partial charge in [0.2, 0.25) is 0 Å². The third-order valence-corrected chi connectivity index (χ3v) is 5.23. The average molecular weight is 346 g/mol. The molecular weight excluding hydrogens is 324 g/mol. The number of hydrogen-bond acceptors (Lipinski definition) is 7. The van der Waals surface area contributed by atoms with E-state index in [0.717, 1.165) is 44.3 Å². The monoisotopic (exact) mass is 346 g/mol. The number of carbonyl (C=O) groups excluding carboxylic acids is 1. The molecule has 24 heavy (non-hydrogen) atoms. The van der Waals surface area contributed by atoms with Crippen LogP contribution in [-0.4, -0.2) is 49.1 Å². The van der Waals surface area contributed by atoms with Crippen molar-refractivity contribution in [2.45, 2.75) is 13.0 Å². The van der Waals surface area contributed by atoms with Gasteiger partial charge in [-0.05, 0) is 12.0 Å². The minimum Gasteiger partial charge on any atom is -0.465 e.